The van der Waals surface area contributed by atoms with Crippen LogP contribution in [0.4, 0.5) is 0 Å². The third-order valence-electron chi connectivity index (χ3n) is 9.33. The van der Waals surface area contributed by atoms with Crippen LogP contribution in [0.3, 0.4) is 0 Å². The van der Waals surface area contributed by atoms with Gasteiger partial charge in [-0.05, 0) is 27.2 Å². The summed E-state index contributed by atoms with van der Waals surface area (Å²) in [6.45, 7) is 17.3. The van der Waals surface area contributed by atoms with Crippen LogP contribution in [0.1, 0.15) is 83.5 Å². The Labute approximate surface area is 214 Å². The molecule has 0 saturated carbocycles. The molecule has 2 saturated heterocycles. The van der Waals surface area contributed by atoms with Gasteiger partial charge >= 0.3 is 0 Å². The van der Waals surface area contributed by atoms with Gasteiger partial charge < -0.3 is 29.2 Å². The smallest absolute Gasteiger partial charge is 0.191 e. The molecule has 3 N–H and O–H groups in total. The molecule has 0 aliphatic carbocycles. The summed E-state index contributed by atoms with van der Waals surface area (Å²) in [4.78, 5) is 26.3. The zero-order valence-electron chi connectivity index (χ0n) is 23.3. The molecule has 1 spiro atoms. The maximum absolute atomic E-state index is 13.5. The molecule has 36 heavy (non-hydrogen) atoms. The number of carbonyl (C=O) groups is 1. The topological polar surface area (TPSA) is 126 Å². The number of Topliss-reactive ketones (excluding diaryl/α,β-unsaturated/α-hetero) is 1. The Morgan fingerprint density at radius 1 is 1.00 bits per heavy atom. The third kappa shape index (κ3) is 4.19. The van der Waals surface area contributed by atoms with E-state index in [2.05, 4.69) is 0 Å². The summed E-state index contributed by atoms with van der Waals surface area (Å²) in [5.41, 5.74) is 0.676. The Bertz CT molecular complexity index is 1050. The van der Waals surface area contributed by atoms with Crippen LogP contribution in [0.2, 0.25) is 0 Å². The van der Waals surface area contributed by atoms with Gasteiger partial charge in [0.15, 0.2) is 17.0 Å². The molecule has 1 aromatic rings. The molecular weight excluding hydrogens is 464 g/mol. The molecule has 2 fully saturated rings. The fourth-order valence-corrected chi connectivity index (χ4v) is 6.25. The zero-order chi connectivity index (χ0) is 27.5. The van der Waals surface area contributed by atoms with Crippen molar-refractivity contribution in [3.05, 3.63) is 32.9 Å². The number of aryl methyl sites for hydroxylation is 1. The quantitative estimate of drug-likeness (QED) is 0.553. The van der Waals surface area contributed by atoms with E-state index in [-0.39, 0.29) is 22.9 Å². The van der Waals surface area contributed by atoms with Gasteiger partial charge in [0.1, 0.15) is 17.3 Å². The van der Waals surface area contributed by atoms with Crippen molar-refractivity contribution in [3.8, 4) is 0 Å². The van der Waals surface area contributed by atoms with Crippen molar-refractivity contribution in [1.82, 2.24) is 0 Å². The molecule has 11 atom stereocenters. The molecule has 0 radical (unpaired) electrons. The molecule has 0 unspecified atom stereocenters. The van der Waals surface area contributed by atoms with Crippen LogP contribution >= 0.6 is 0 Å². The number of hydrogen-bond donors (Lipinski definition) is 3. The maximum atomic E-state index is 13.5. The number of ketones is 1. The largest absolute Gasteiger partial charge is 0.465 e. The van der Waals surface area contributed by atoms with Gasteiger partial charge in [0.05, 0.1) is 30.1 Å². The molecule has 204 valence electrons. The first-order valence-electron chi connectivity index (χ1n) is 13.2. The van der Waals surface area contributed by atoms with E-state index in [9.17, 15) is 24.9 Å². The van der Waals surface area contributed by atoms with E-state index < -0.39 is 59.5 Å². The van der Waals surface area contributed by atoms with Gasteiger partial charge in [0.25, 0.3) is 0 Å². The molecule has 3 heterocycles. The van der Waals surface area contributed by atoms with E-state index in [1.807, 2.05) is 13.8 Å². The first kappa shape index (κ1) is 29.0. The van der Waals surface area contributed by atoms with Gasteiger partial charge in [-0.3, -0.25) is 9.59 Å². The molecule has 1 aromatic heterocycles. The lowest BCUT2D eigenvalue weighted by Gasteiger charge is -2.60. The normalized spacial score (nSPS) is 39.8. The minimum Gasteiger partial charge on any atom is -0.465 e. The van der Waals surface area contributed by atoms with Crippen LogP contribution in [-0.4, -0.2) is 51.0 Å². The molecule has 0 aromatic carbocycles. The second-order valence-electron chi connectivity index (χ2n) is 11.3. The van der Waals surface area contributed by atoms with E-state index in [1.165, 1.54) is 0 Å². The van der Waals surface area contributed by atoms with Crippen molar-refractivity contribution in [2.45, 2.75) is 111 Å². The number of ether oxygens (including phenoxy) is 2. The highest BCUT2D eigenvalue weighted by Gasteiger charge is 2.66. The lowest BCUT2D eigenvalue weighted by Crippen LogP contribution is -2.72. The fraction of sp³-hybridized carbons (Fsp3) is 0.786. The predicted octanol–water partition coefficient (Wildman–Crippen LogP) is 3.36. The summed E-state index contributed by atoms with van der Waals surface area (Å²) in [6, 6.07) is 0. The first-order valence-corrected chi connectivity index (χ1v) is 13.2. The average molecular weight is 509 g/mol. The van der Waals surface area contributed by atoms with Crippen molar-refractivity contribution in [2.24, 2.45) is 29.6 Å². The highest BCUT2D eigenvalue weighted by molar-refractivity contribution is 5.85. The maximum Gasteiger partial charge on any atom is 0.191 e. The number of rotatable bonds is 5. The summed E-state index contributed by atoms with van der Waals surface area (Å²) in [6.07, 6.45) is -1.95. The van der Waals surface area contributed by atoms with Gasteiger partial charge in [0.2, 0.25) is 0 Å². The van der Waals surface area contributed by atoms with Crippen molar-refractivity contribution in [3.63, 3.8) is 0 Å². The molecular formula is C28H44O8. The lowest BCUT2D eigenvalue weighted by molar-refractivity contribution is -0.450. The van der Waals surface area contributed by atoms with E-state index in [0.29, 0.717) is 23.3 Å². The molecule has 2 aliphatic rings. The highest BCUT2D eigenvalue weighted by Crippen LogP contribution is 2.54. The Kier molecular flexibility index (Phi) is 8.01. The van der Waals surface area contributed by atoms with Crippen LogP contribution < -0.4 is 5.43 Å². The minimum atomic E-state index is -2.01. The van der Waals surface area contributed by atoms with E-state index in [0.717, 1.165) is 0 Å². The van der Waals surface area contributed by atoms with Crippen molar-refractivity contribution in [1.29, 1.82) is 0 Å². The zero-order valence-corrected chi connectivity index (χ0v) is 23.3. The van der Waals surface area contributed by atoms with Crippen LogP contribution in [0.5, 0.6) is 0 Å². The molecule has 3 rings (SSSR count). The fourth-order valence-electron chi connectivity index (χ4n) is 6.25. The predicted molar refractivity (Wildman–Crippen MR) is 134 cm³/mol. The lowest BCUT2D eigenvalue weighted by atomic mass is 9.67. The van der Waals surface area contributed by atoms with Crippen LogP contribution in [0.15, 0.2) is 9.21 Å². The Morgan fingerprint density at radius 3 is 2.14 bits per heavy atom. The number of aliphatic hydroxyl groups is 3. The second-order valence-corrected chi connectivity index (χ2v) is 11.3. The van der Waals surface area contributed by atoms with Gasteiger partial charge in [-0.15, -0.1) is 0 Å². The number of hydrogen-bond acceptors (Lipinski definition) is 8. The SMILES string of the molecule is CC[C@H](O)[C@H](C)[C@H]1O[C@]2(O[C@](O)([C@@H](C)c3oc(C)c(C)c(=O)c3C)[C@@H](C)[C@@H](O)[C@H]2C)[C@H](C)C(=O)[C@@H]1C. The Balaban J connectivity index is 2.15. The van der Waals surface area contributed by atoms with Crippen molar-refractivity contribution < 1.29 is 34.0 Å². The summed E-state index contributed by atoms with van der Waals surface area (Å²) in [5, 5.41) is 34.1. The van der Waals surface area contributed by atoms with Gasteiger partial charge in [-0.1, -0.05) is 48.5 Å². The van der Waals surface area contributed by atoms with E-state index >= 15 is 0 Å². The third-order valence-corrected chi connectivity index (χ3v) is 9.33. The monoisotopic (exact) mass is 508 g/mol. The minimum absolute atomic E-state index is 0.112. The summed E-state index contributed by atoms with van der Waals surface area (Å²) < 4.78 is 19.1. The standard InChI is InChI=1S/C28H44O8/c1-11-21(29)13(3)25-15(5)23(31)17(7)28(35-25)18(8)24(32)16(6)27(33,36-28)19(9)26-14(4)22(30)12(2)20(10)34-26/h13,15-19,21,24-25,29,32-33H,11H2,1-10H3/t13-,15-,16-,17+,18+,19-,21-,24+,25+,27-,28-/m0/s1. The molecule has 8 nitrogen and oxygen atoms in total. The summed E-state index contributed by atoms with van der Waals surface area (Å²) in [7, 11) is 0. The molecule has 8 heteroatoms. The number of aliphatic hydroxyl groups excluding tert-OH is 2. The first-order chi connectivity index (χ1) is 16.6. The summed E-state index contributed by atoms with van der Waals surface area (Å²) >= 11 is 0. The summed E-state index contributed by atoms with van der Waals surface area (Å²) in [5.74, 6) is -7.04. The van der Waals surface area contributed by atoms with Gasteiger partial charge in [-0.25, -0.2) is 0 Å². The van der Waals surface area contributed by atoms with Crippen LogP contribution in [0.25, 0.3) is 0 Å². The molecule has 0 bridgehead atoms. The van der Waals surface area contributed by atoms with Crippen molar-refractivity contribution in [2.75, 3.05) is 0 Å². The average Bonchev–Trinajstić information content (AvgIpc) is 2.86. The van der Waals surface area contributed by atoms with Crippen molar-refractivity contribution >= 4 is 5.78 Å². The van der Waals surface area contributed by atoms with E-state index in [4.69, 9.17) is 13.9 Å². The van der Waals surface area contributed by atoms with Crippen LogP contribution in [-0.2, 0) is 14.3 Å². The second kappa shape index (κ2) is 9.95. The van der Waals surface area contributed by atoms with Gasteiger partial charge in [-0.2, -0.15) is 0 Å². The Morgan fingerprint density at radius 2 is 1.58 bits per heavy atom. The van der Waals surface area contributed by atoms with E-state index in [1.54, 1.807) is 55.4 Å². The van der Waals surface area contributed by atoms with Gasteiger partial charge in [0, 0.05) is 34.8 Å². The highest BCUT2D eigenvalue weighted by atomic mass is 16.8. The molecule has 2 aliphatic heterocycles. The van der Waals surface area contributed by atoms with Crippen LogP contribution in [0, 0.1) is 50.4 Å². The molecule has 0 amide bonds. The Hall–Kier alpha value is -1.58. The number of carbonyl (C=O) groups excluding carboxylic acids is 1.